The number of hydrogen-bond acceptors (Lipinski definition) is 2. The Balaban J connectivity index is 2.25. The van der Waals surface area contributed by atoms with Crippen molar-refractivity contribution in [3.05, 3.63) is 91.4 Å². The molecule has 2 nitrogen and oxygen atoms in total. The highest BCUT2D eigenvalue weighted by Gasteiger charge is 2.21. The second kappa shape index (κ2) is 7.35. The van der Waals surface area contributed by atoms with E-state index in [0.29, 0.717) is 31.5 Å². The van der Waals surface area contributed by atoms with Gasteiger partial charge in [0.2, 0.25) is 0 Å². The Morgan fingerprint density at radius 3 is 1.28 bits per heavy atom. The van der Waals surface area contributed by atoms with Crippen molar-refractivity contribution in [2.75, 3.05) is 11.5 Å². The SMILES string of the molecule is Nc1c(Cl)cc(C(c2ccccc2)c2cc(Cl)c(N)c(Cl)c2)cc1Cl. The van der Waals surface area contributed by atoms with Crippen molar-refractivity contribution >= 4 is 57.8 Å². The average molecular weight is 412 g/mol. The van der Waals surface area contributed by atoms with Crippen LogP contribution in [0.4, 0.5) is 11.4 Å². The number of rotatable bonds is 3. The van der Waals surface area contributed by atoms with Crippen LogP contribution in [0.25, 0.3) is 0 Å². The molecule has 0 spiro atoms. The van der Waals surface area contributed by atoms with E-state index in [1.54, 1.807) is 24.3 Å². The highest BCUT2D eigenvalue weighted by atomic mass is 35.5. The van der Waals surface area contributed by atoms with Crippen LogP contribution in [0, 0.1) is 0 Å². The van der Waals surface area contributed by atoms with Gasteiger partial charge in [0.1, 0.15) is 0 Å². The fraction of sp³-hybridized carbons (Fsp3) is 0.0526. The molecule has 0 aliphatic carbocycles. The van der Waals surface area contributed by atoms with E-state index in [-0.39, 0.29) is 5.92 Å². The molecule has 0 bridgehead atoms. The minimum atomic E-state index is -0.174. The Labute approximate surface area is 166 Å². The van der Waals surface area contributed by atoms with E-state index in [1.807, 2.05) is 30.3 Å². The van der Waals surface area contributed by atoms with E-state index in [0.717, 1.165) is 16.7 Å². The third kappa shape index (κ3) is 3.68. The molecule has 3 aromatic rings. The minimum absolute atomic E-state index is 0.174. The molecule has 0 aliphatic heterocycles. The second-order valence-electron chi connectivity index (χ2n) is 5.64. The lowest BCUT2D eigenvalue weighted by Crippen LogP contribution is -2.05. The summed E-state index contributed by atoms with van der Waals surface area (Å²) < 4.78 is 0. The summed E-state index contributed by atoms with van der Waals surface area (Å²) in [5.41, 5.74) is 15.3. The van der Waals surface area contributed by atoms with Crippen LogP contribution in [0.15, 0.2) is 54.6 Å². The molecule has 4 N–H and O–H groups in total. The summed E-state index contributed by atoms with van der Waals surface area (Å²) in [5.74, 6) is -0.174. The maximum Gasteiger partial charge on any atom is 0.0693 e. The van der Waals surface area contributed by atoms with E-state index in [9.17, 15) is 0 Å². The molecule has 0 saturated heterocycles. The maximum atomic E-state index is 6.24. The van der Waals surface area contributed by atoms with Crippen LogP contribution < -0.4 is 11.5 Å². The zero-order valence-corrected chi connectivity index (χ0v) is 16.0. The lowest BCUT2D eigenvalue weighted by molar-refractivity contribution is 0.978. The molecular weight excluding hydrogens is 398 g/mol. The maximum absolute atomic E-state index is 6.24. The van der Waals surface area contributed by atoms with Gasteiger partial charge in [0.25, 0.3) is 0 Å². The Morgan fingerprint density at radius 1 is 0.560 bits per heavy atom. The predicted molar refractivity (Wildman–Crippen MR) is 109 cm³/mol. The monoisotopic (exact) mass is 410 g/mol. The summed E-state index contributed by atoms with van der Waals surface area (Å²) in [6, 6.07) is 17.1. The van der Waals surface area contributed by atoms with Crippen molar-refractivity contribution in [1.29, 1.82) is 0 Å². The summed E-state index contributed by atoms with van der Waals surface area (Å²) in [6.07, 6.45) is 0. The van der Waals surface area contributed by atoms with Crippen LogP contribution >= 0.6 is 46.4 Å². The van der Waals surface area contributed by atoms with Crippen molar-refractivity contribution in [2.24, 2.45) is 0 Å². The molecule has 0 atom stereocenters. The van der Waals surface area contributed by atoms with Crippen molar-refractivity contribution in [3.8, 4) is 0 Å². The lowest BCUT2D eigenvalue weighted by atomic mass is 9.85. The van der Waals surface area contributed by atoms with Gasteiger partial charge in [-0.1, -0.05) is 76.7 Å². The zero-order valence-electron chi connectivity index (χ0n) is 12.9. The van der Waals surface area contributed by atoms with Gasteiger partial charge in [-0.25, -0.2) is 0 Å². The van der Waals surface area contributed by atoms with Crippen molar-refractivity contribution in [1.82, 2.24) is 0 Å². The summed E-state index contributed by atoms with van der Waals surface area (Å²) in [4.78, 5) is 0. The van der Waals surface area contributed by atoms with Gasteiger partial charge in [-0.15, -0.1) is 0 Å². The highest BCUT2D eigenvalue weighted by Crippen LogP contribution is 2.40. The molecular formula is C19H14Cl4N2. The molecule has 128 valence electrons. The minimum Gasteiger partial charge on any atom is -0.396 e. The van der Waals surface area contributed by atoms with Gasteiger partial charge in [-0.2, -0.15) is 0 Å². The Kier molecular flexibility index (Phi) is 5.35. The molecule has 6 heteroatoms. The number of anilines is 2. The van der Waals surface area contributed by atoms with Crippen molar-refractivity contribution in [2.45, 2.75) is 5.92 Å². The Hall–Kier alpha value is -1.58. The summed E-state index contributed by atoms with van der Waals surface area (Å²) in [6.45, 7) is 0. The predicted octanol–water partition coefficient (Wildman–Crippen LogP) is 6.64. The van der Waals surface area contributed by atoms with E-state index in [2.05, 4.69) is 0 Å². The fourth-order valence-corrected chi connectivity index (χ4v) is 3.77. The molecule has 0 saturated carbocycles. The van der Waals surface area contributed by atoms with Gasteiger partial charge in [0.15, 0.2) is 0 Å². The van der Waals surface area contributed by atoms with Crippen LogP contribution in [0.5, 0.6) is 0 Å². The van der Waals surface area contributed by atoms with E-state index < -0.39 is 0 Å². The average Bonchev–Trinajstić information content (AvgIpc) is 2.58. The van der Waals surface area contributed by atoms with Gasteiger partial charge in [0, 0.05) is 5.92 Å². The molecule has 3 aromatic carbocycles. The first-order valence-corrected chi connectivity index (χ1v) is 8.93. The molecule has 0 unspecified atom stereocenters. The lowest BCUT2D eigenvalue weighted by Gasteiger charge is -2.21. The first kappa shape index (κ1) is 18.2. The second-order valence-corrected chi connectivity index (χ2v) is 7.27. The van der Waals surface area contributed by atoms with Gasteiger partial charge in [-0.05, 0) is 41.0 Å². The van der Waals surface area contributed by atoms with Crippen LogP contribution in [-0.2, 0) is 0 Å². The molecule has 0 aromatic heterocycles. The highest BCUT2D eigenvalue weighted by molar-refractivity contribution is 6.39. The van der Waals surface area contributed by atoms with E-state index in [1.165, 1.54) is 0 Å². The number of hydrogen-bond donors (Lipinski definition) is 2. The number of benzene rings is 3. The van der Waals surface area contributed by atoms with E-state index >= 15 is 0 Å². The first-order valence-electron chi connectivity index (χ1n) is 7.42. The smallest absolute Gasteiger partial charge is 0.0693 e. The normalized spacial score (nSPS) is 11.1. The third-order valence-electron chi connectivity index (χ3n) is 4.00. The largest absolute Gasteiger partial charge is 0.396 e. The standard InChI is InChI=1S/C19H14Cl4N2/c20-13-6-11(7-14(21)18(13)24)17(10-4-2-1-3-5-10)12-8-15(22)19(25)16(23)9-12/h1-9,17H,24-25H2. The molecule has 3 rings (SSSR count). The third-order valence-corrected chi connectivity index (χ3v) is 5.25. The van der Waals surface area contributed by atoms with Gasteiger partial charge in [0.05, 0.1) is 31.5 Å². The molecule has 25 heavy (non-hydrogen) atoms. The summed E-state index contributed by atoms with van der Waals surface area (Å²) in [5, 5.41) is 1.60. The fourth-order valence-electron chi connectivity index (χ4n) is 2.76. The van der Waals surface area contributed by atoms with Gasteiger partial charge >= 0.3 is 0 Å². The van der Waals surface area contributed by atoms with Crippen LogP contribution in [0.3, 0.4) is 0 Å². The molecule has 0 heterocycles. The molecule has 0 fully saturated rings. The van der Waals surface area contributed by atoms with E-state index in [4.69, 9.17) is 57.9 Å². The number of halogens is 4. The molecule has 0 radical (unpaired) electrons. The van der Waals surface area contributed by atoms with Crippen molar-refractivity contribution < 1.29 is 0 Å². The van der Waals surface area contributed by atoms with Crippen LogP contribution in [0.2, 0.25) is 20.1 Å². The Bertz CT molecular complexity index is 822. The Morgan fingerprint density at radius 2 is 0.920 bits per heavy atom. The van der Waals surface area contributed by atoms with Gasteiger partial charge < -0.3 is 11.5 Å². The van der Waals surface area contributed by atoms with Crippen molar-refractivity contribution in [3.63, 3.8) is 0 Å². The first-order chi connectivity index (χ1) is 11.9. The van der Waals surface area contributed by atoms with Gasteiger partial charge in [-0.3, -0.25) is 0 Å². The summed E-state index contributed by atoms with van der Waals surface area (Å²) in [7, 11) is 0. The topological polar surface area (TPSA) is 52.0 Å². The zero-order chi connectivity index (χ0) is 18.1. The quantitative estimate of drug-likeness (QED) is 0.374. The molecule has 0 aliphatic rings. The van der Waals surface area contributed by atoms with Crippen LogP contribution in [0.1, 0.15) is 22.6 Å². The van der Waals surface area contributed by atoms with Crippen LogP contribution in [-0.4, -0.2) is 0 Å². The number of nitrogens with two attached hydrogens (primary N) is 2. The summed E-state index contributed by atoms with van der Waals surface area (Å²) >= 11 is 25.0. The molecule has 0 amide bonds. The number of nitrogen functional groups attached to an aromatic ring is 2.